The van der Waals surface area contributed by atoms with E-state index >= 15 is 0 Å². The minimum atomic E-state index is -0.807. The lowest BCUT2D eigenvalue weighted by atomic mass is 9.58. The minimum absolute atomic E-state index is 0.167. The molecule has 0 radical (unpaired) electrons. The van der Waals surface area contributed by atoms with E-state index in [1.165, 1.54) is 12.8 Å². The van der Waals surface area contributed by atoms with Crippen molar-refractivity contribution in [2.24, 2.45) is 22.5 Å². The monoisotopic (exact) mass is 295 g/mol. The molecule has 2 nitrogen and oxygen atoms in total. The summed E-state index contributed by atoms with van der Waals surface area (Å²) < 4.78 is 0. The van der Waals surface area contributed by atoms with Crippen LogP contribution in [0.4, 0.5) is 0 Å². The van der Waals surface area contributed by atoms with E-state index in [9.17, 15) is 5.11 Å². The highest BCUT2D eigenvalue weighted by molar-refractivity contribution is 7.10. The highest BCUT2D eigenvalue weighted by atomic mass is 32.1. The summed E-state index contributed by atoms with van der Waals surface area (Å²) in [5.74, 6) is 0.737. The lowest BCUT2D eigenvalue weighted by molar-refractivity contribution is -0.102. The molecule has 114 valence electrons. The SMILES string of the molecule is CC(C)(C)C1CCC(CN)(C(C)(O)c2cccs2)CC1. The van der Waals surface area contributed by atoms with Gasteiger partial charge in [-0.3, -0.25) is 0 Å². The van der Waals surface area contributed by atoms with Gasteiger partial charge < -0.3 is 10.8 Å². The summed E-state index contributed by atoms with van der Waals surface area (Å²) in [6.45, 7) is 9.50. The van der Waals surface area contributed by atoms with E-state index in [1.807, 2.05) is 24.4 Å². The van der Waals surface area contributed by atoms with Crippen molar-refractivity contribution >= 4 is 11.3 Å². The van der Waals surface area contributed by atoms with E-state index in [-0.39, 0.29) is 5.41 Å². The van der Waals surface area contributed by atoms with Gasteiger partial charge in [0.05, 0.1) is 0 Å². The van der Waals surface area contributed by atoms with Crippen LogP contribution < -0.4 is 5.73 Å². The largest absolute Gasteiger partial charge is 0.384 e. The van der Waals surface area contributed by atoms with Gasteiger partial charge >= 0.3 is 0 Å². The Bertz CT molecular complexity index is 422. The molecule has 1 aliphatic carbocycles. The Balaban J connectivity index is 2.21. The van der Waals surface area contributed by atoms with E-state index in [1.54, 1.807) is 11.3 Å². The molecular weight excluding hydrogens is 266 g/mol. The van der Waals surface area contributed by atoms with E-state index in [2.05, 4.69) is 20.8 Å². The quantitative estimate of drug-likeness (QED) is 0.880. The molecule has 0 aliphatic heterocycles. The van der Waals surface area contributed by atoms with Crippen molar-refractivity contribution in [1.29, 1.82) is 0 Å². The van der Waals surface area contributed by atoms with Crippen molar-refractivity contribution in [3.63, 3.8) is 0 Å². The van der Waals surface area contributed by atoms with Gasteiger partial charge in [0.1, 0.15) is 5.60 Å². The van der Waals surface area contributed by atoms with Crippen molar-refractivity contribution in [2.45, 2.75) is 59.0 Å². The topological polar surface area (TPSA) is 46.2 Å². The zero-order valence-electron chi connectivity index (χ0n) is 13.3. The van der Waals surface area contributed by atoms with Gasteiger partial charge in [0, 0.05) is 16.8 Å². The maximum absolute atomic E-state index is 11.2. The van der Waals surface area contributed by atoms with Crippen molar-refractivity contribution in [3.8, 4) is 0 Å². The van der Waals surface area contributed by atoms with Crippen LogP contribution >= 0.6 is 11.3 Å². The van der Waals surface area contributed by atoms with Gasteiger partial charge in [0.2, 0.25) is 0 Å². The van der Waals surface area contributed by atoms with Gasteiger partial charge in [-0.1, -0.05) is 26.8 Å². The van der Waals surface area contributed by atoms with E-state index in [4.69, 9.17) is 5.73 Å². The minimum Gasteiger partial charge on any atom is -0.384 e. The molecule has 1 atom stereocenters. The molecule has 1 aliphatic rings. The molecule has 1 unspecified atom stereocenters. The first-order valence-electron chi connectivity index (χ1n) is 7.69. The highest BCUT2D eigenvalue weighted by Gasteiger charge is 2.50. The third-order valence-corrected chi connectivity index (χ3v) is 6.67. The molecule has 0 aromatic carbocycles. The second kappa shape index (κ2) is 5.43. The highest BCUT2D eigenvalue weighted by Crippen LogP contribution is 2.53. The Labute approximate surface area is 127 Å². The summed E-state index contributed by atoms with van der Waals surface area (Å²) in [6.07, 6.45) is 4.39. The van der Waals surface area contributed by atoms with Gasteiger partial charge in [0.25, 0.3) is 0 Å². The third kappa shape index (κ3) is 2.68. The van der Waals surface area contributed by atoms with E-state index < -0.39 is 5.60 Å². The van der Waals surface area contributed by atoms with Crippen LogP contribution in [0.15, 0.2) is 17.5 Å². The normalized spacial score (nSPS) is 31.0. The molecule has 3 N–H and O–H groups in total. The second-order valence-electron chi connectivity index (χ2n) is 7.67. The van der Waals surface area contributed by atoms with Crippen LogP contribution in [0, 0.1) is 16.7 Å². The molecule has 0 saturated heterocycles. The van der Waals surface area contributed by atoms with Gasteiger partial charge in [-0.2, -0.15) is 0 Å². The second-order valence-corrected chi connectivity index (χ2v) is 8.62. The Kier molecular flexibility index (Phi) is 4.35. The van der Waals surface area contributed by atoms with Gasteiger partial charge in [-0.05, 0) is 55.4 Å². The first kappa shape index (κ1) is 16.0. The first-order valence-corrected chi connectivity index (χ1v) is 8.57. The van der Waals surface area contributed by atoms with Crippen LogP contribution in [0.5, 0.6) is 0 Å². The maximum Gasteiger partial charge on any atom is 0.103 e. The zero-order chi connectivity index (χ0) is 15.0. The van der Waals surface area contributed by atoms with Crippen molar-refractivity contribution in [2.75, 3.05) is 6.54 Å². The summed E-state index contributed by atoms with van der Waals surface area (Å²) >= 11 is 1.64. The summed E-state index contributed by atoms with van der Waals surface area (Å²) in [6, 6.07) is 4.05. The summed E-state index contributed by atoms with van der Waals surface area (Å²) in [5, 5.41) is 13.2. The molecule has 1 saturated carbocycles. The predicted molar refractivity (Wildman–Crippen MR) is 86.8 cm³/mol. The average Bonchev–Trinajstić information content (AvgIpc) is 2.92. The molecular formula is C17H29NOS. The van der Waals surface area contributed by atoms with Crippen molar-refractivity contribution in [1.82, 2.24) is 0 Å². The van der Waals surface area contributed by atoms with E-state index in [0.717, 1.165) is 23.6 Å². The van der Waals surface area contributed by atoms with Crippen LogP contribution in [0.2, 0.25) is 0 Å². The van der Waals surface area contributed by atoms with Gasteiger partial charge in [-0.15, -0.1) is 11.3 Å². The Morgan fingerprint density at radius 1 is 1.30 bits per heavy atom. The molecule has 20 heavy (non-hydrogen) atoms. The molecule has 0 amide bonds. The molecule has 1 aromatic heterocycles. The standard InChI is InChI=1S/C17H29NOS/c1-15(2,3)13-7-9-17(12-18,10-8-13)16(4,19)14-6-5-11-20-14/h5-6,11,13,19H,7-10,12,18H2,1-4H3. The van der Waals surface area contributed by atoms with Gasteiger partial charge in [0.15, 0.2) is 0 Å². The summed E-state index contributed by atoms with van der Waals surface area (Å²) in [5.41, 5.74) is 5.51. The zero-order valence-corrected chi connectivity index (χ0v) is 14.1. The number of hydrogen-bond acceptors (Lipinski definition) is 3. The molecule has 1 aromatic rings. The fourth-order valence-corrected chi connectivity index (χ4v) is 4.65. The summed E-state index contributed by atoms with van der Waals surface area (Å²) in [7, 11) is 0. The number of rotatable bonds is 3. The lowest BCUT2D eigenvalue weighted by Gasteiger charge is -2.50. The van der Waals surface area contributed by atoms with Gasteiger partial charge in [-0.25, -0.2) is 0 Å². The van der Waals surface area contributed by atoms with Crippen LogP contribution in [0.3, 0.4) is 0 Å². The van der Waals surface area contributed by atoms with Crippen LogP contribution in [-0.2, 0) is 5.60 Å². The van der Waals surface area contributed by atoms with Crippen molar-refractivity contribution in [3.05, 3.63) is 22.4 Å². The predicted octanol–water partition coefficient (Wildman–Crippen LogP) is 4.14. The first-order chi connectivity index (χ1) is 9.23. The van der Waals surface area contributed by atoms with Crippen LogP contribution in [0.25, 0.3) is 0 Å². The molecule has 0 spiro atoms. The smallest absolute Gasteiger partial charge is 0.103 e. The number of thiophene rings is 1. The molecule has 0 bridgehead atoms. The summed E-state index contributed by atoms with van der Waals surface area (Å²) in [4.78, 5) is 1.05. The molecule has 1 fully saturated rings. The molecule has 3 heteroatoms. The molecule has 2 rings (SSSR count). The fourth-order valence-electron chi connectivity index (χ4n) is 3.74. The lowest BCUT2D eigenvalue weighted by Crippen LogP contribution is -2.51. The third-order valence-electron chi connectivity index (χ3n) is 5.59. The van der Waals surface area contributed by atoms with Crippen LogP contribution in [0.1, 0.15) is 58.3 Å². The fraction of sp³-hybridized carbons (Fsp3) is 0.765. The van der Waals surface area contributed by atoms with Crippen LogP contribution in [-0.4, -0.2) is 11.7 Å². The van der Waals surface area contributed by atoms with Crippen molar-refractivity contribution < 1.29 is 5.11 Å². The number of nitrogens with two attached hydrogens (primary N) is 1. The average molecular weight is 295 g/mol. The Morgan fingerprint density at radius 2 is 1.90 bits per heavy atom. The molecule has 1 heterocycles. The maximum atomic E-state index is 11.2. The number of hydrogen-bond donors (Lipinski definition) is 2. The Morgan fingerprint density at radius 3 is 2.30 bits per heavy atom. The number of aliphatic hydroxyl groups is 1. The Hall–Kier alpha value is -0.380. The van der Waals surface area contributed by atoms with E-state index in [0.29, 0.717) is 12.0 Å².